The maximum Gasteiger partial charge on any atom is 0.234 e. The van der Waals surface area contributed by atoms with E-state index >= 15 is 0 Å². The fourth-order valence-electron chi connectivity index (χ4n) is 3.17. The van der Waals surface area contributed by atoms with E-state index in [0.29, 0.717) is 18.5 Å². The smallest absolute Gasteiger partial charge is 0.234 e. The van der Waals surface area contributed by atoms with Crippen LogP contribution in [-0.4, -0.2) is 36.5 Å². The molecule has 1 saturated carbocycles. The molecule has 1 aromatic rings. The fraction of sp³-hybridized carbons (Fsp3) is 0.588. The van der Waals surface area contributed by atoms with Crippen molar-refractivity contribution in [3.8, 4) is 0 Å². The molecule has 2 atom stereocenters. The lowest BCUT2D eigenvalue weighted by Crippen LogP contribution is -2.38. The number of likely N-dealkylation sites (tertiary alicyclic amines) is 1. The second-order valence-electron chi connectivity index (χ2n) is 6.12. The van der Waals surface area contributed by atoms with Gasteiger partial charge in [0.15, 0.2) is 0 Å². The average Bonchev–Trinajstić information content (AvgIpc) is 3.24. The molecular formula is C17H24N2O. The van der Waals surface area contributed by atoms with E-state index in [2.05, 4.69) is 34.5 Å². The Kier molecular flexibility index (Phi) is 4.36. The summed E-state index contributed by atoms with van der Waals surface area (Å²) in [7, 11) is 0. The highest BCUT2D eigenvalue weighted by atomic mass is 16.2. The van der Waals surface area contributed by atoms with Crippen LogP contribution < -0.4 is 5.32 Å². The highest BCUT2D eigenvalue weighted by Crippen LogP contribution is 2.40. The molecule has 2 fully saturated rings. The van der Waals surface area contributed by atoms with E-state index in [4.69, 9.17) is 0 Å². The van der Waals surface area contributed by atoms with Crippen LogP contribution in [0.15, 0.2) is 30.3 Å². The first-order valence-corrected chi connectivity index (χ1v) is 7.89. The first-order chi connectivity index (χ1) is 9.83. The van der Waals surface area contributed by atoms with Gasteiger partial charge in [-0.15, -0.1) is 0 Å². The Bertz CT molecular complexity index is 438. The van der Waals surface area contributed by atoms with Gasteiger partial charge in [-0.05, 0) is 37.9 Å². The fourth-order valence-corrected chi connectivity index (χ4v) is 3.17. The second kappa shape index (κ2) is 6.40. The average molecular weight is 272 g/mol. The normalized spacial score (nSPS) is 26.8. The Morgan fingerprint density at radius 3 is 2.50 bits per heavy atom. The molecule has 3 rings (SSSR count). The van der Waals surface area contributed by atoms with Gasteiger partial charge in [-0.1, -0.05) is 43.2 Å². The van der Waals surface area contributed by atoms with E-state index in [9.17, 15) is 4.79 Å². The zero-order valence-corrected chi connectivity index (χ0v) is 12.1. The van der Waals surface area contributed by atoms with E-state index in [1.165, 1.54) is 31.2 Å². The van der Waals surface area contributed by atoms with Crippen molar-refractivity contribution >= 4 is 5.91 Å². The number of hydrogen-bond acceptors (Lipinski definition) is 2. The quantitative estimate of drug-likeness (QED) is 0.913. The molecule has 1 amide bonds. The van der Waals surface area contributed by atoms with Crippen LogP contribution in [0, 0.1) is 0 Å². The Morgan fingerprint density at radius 2 is 1.80 bits per heavy atom. The van der Waals surface area contributed by atoms with E-state index in [1.807, 2.05) is 6.07 Å². The summed E-state index contributed by atoms with van der Waals surface area (Å²) in [6, 6.07) is 10.9. The summed E-state index contributed by atoms with van der Waals surface area (Å²) in [5.41, 5.74) is 1.35. The molecule has 0 aromatic heterocycles. The number of nitrogens with zero attached hydrogens (tertiary/aromatic N) is 1. The van der Waals surface area contributed by atoms with Crippen molar-refractivity contribution in [1.29, 1.82) is 0 Å². The molecule has 2 aliphatic rings. The SMILES string of the molecule is O=C(CN1CCCCCC1)N[C@@H]1C[C@H]1c1ccccc1. The minimum atomic E-state index is 0.204. The summed E-state index contributed by atoms with van der Waals surface area (Å²) in [5.74, 6) is 0.736. The Labute approximate surface area is 121 Å². The summed E-state index contributed by atoms with van der Waals surface area (Å²) in [6.07, 6.45) is 6.20. The van der Waals surface area contributed by atoms with Gasteiger partial charge in [0.05, 0.1) is 6.54 Å². The Balaban J connectivity index is 1.44. The molecule has 1 aromatic carbocycles. The number of hydrogen-bond donors (Lipinski definition) is 1. The van der Waals surface area contributed by atoms with Crippen molar-refractivity contribution in [3.63, 3.8) is 0 Å². The summed E-state index contributed by atoms with van der Waals surface area (Å²) in [5, 5.41) is 3.19. The lowest BCUT2D eigenvalue weighted by atomic mass is 10.1. The molecule has 1 heterocycles. The monoisotopic (exact) mass is 272 g/mol. The molecule has 3 nitrogen and oxygen atoms in total. The highest BCUT2D eigenvalue weighted by Gasteiger charge is 2.39. The van der Waals surface area contributed by atoms with Crippen molar-refractivity contribution in [3.05, 3.63) is 35.9 Å². The predicted octanol–water partition coefficient (Wildman–Crippen LogP) is 2.53. The third-order valence-electron chi connectivity index (χ3n) is 4.43. The van der Waals surface area contributed by atoms with E-state index in [0.717, 1.165) is 19.5 Å². The zero-order chi connectivity index (χ0) is 13.8. The highest BCUT2D eigenvalue weighted by molar-refractivity contribution is 5.79. The summed E-state index contributed by atoms with van der Waals surface area (Å²) < 4.78 is 0. The van der Waals surface area contributed by atoms with Crippen molar-refractivity contribution in [2.24, 2.45) is 0 Å². The molecule has 108 valence electrons. The largest absolute Gasteiger partial charge is 0.352 e. The van der Waals surface area contributed by atoms with Gasteiger partial charge in [0.25, 0.3) is 0 Å². The topological polar surface area (TPSA) is 32.3 Å². The van der Waals surface area contributed by atoms with E-state index in [1.54, 1.807) is 0 Å². The van der Waals surface area contributed by atoms with Crippen LogP contribution in [0.1, 0.15) is 43.6 Å². The molecule has 0 bridgehead atoms. The third kappa shape index (κ3) is 3.60. The van der Waals surface area contributed by atoms with Crippen LogP contribution in [-0.2, 0) is 4.79 Å². The van der Waals surface area contributed by atoms with E-state index in [-0.39, 0.29) is 5.91 Å². The molecule has 0 radical (unpaired) electrons. The van der Waals surface area contributed by atoms with E-state index < -0.39 is 0 Å². The van der Waals surface area contributed by atoms with Crippen molar-refractivity contribution in [1.82, 2.24) is 10.2 Å². The van der Waals surface area contributed by atoms with Crippen molar-refractivity contribution in [2.75, 3.05) is 19.6 Å². The Hall–Kier alpha value is -1.35. The number of carbonyl (C=O) groups is 1. The minimum Gasteiger partial charge on any atom is -0.352 e. The van der Waals surface area contributed by atoms with Gasteiger partial charge < -0.3 is 5.32 Å². The van der Waals surface area contributed by atoms with Crippen LogP contribution in [0.4, 0.5) is 0 Å². The van der Waals surface area contributed by atoms with Gasteiger partial charge in [-0.2, -0.15) is 0 Å². The zero-order valence-electron chi connectivity index (χ0n) is 12.1. The van der Waals surface area contributed by atoms with Gasteiger partial charge in [0.1, 0.15) is 0 Å². The maximum absolute atomic E-state index is 12.1. The summed E-state index contributed by atoms with van der Waals surface area (Å²) in [4.78, 5) is 14.4. The third-order valence-corrected chi connectivity index (χ3v) is 4.43. The first kappa shape index (κ1) is 13.6. The maximum atomic E-state index is 12.1. The molecule has 0 spiro atoms. The van der Waals surface area contributed by atoms with Crippen molar-refractivity contribution in [2.45, 2.75) is 44.1 Å². The van der Waals surface area contributed by atoms with Gasteiger partial charge in [0, 0.05) is 12.0 Å². The van der Waals surface area contributed by atoms with Crippen LogP contribution in [0.25, 0.3) is 0 Å². The van der Waals surface area contributed by atoms with Gasteiger partial charge in [-0.3, -0.25) is 9.69 Å². The van der Waals surface area contributed by atoms with Crippen LogP contribution in [0.2, 0.25) is 0 Å². The van der Waals surface area contributed by atoms with Gasteiger partial charge in [-0.25, -0.2) is 0 Å². The molecule has 1 aliphatic heterocycles. The molecule has 3 heteroatoms. The first-order valence-electron chi connectivity index (χ1n) is 7.89. The van der Waals surface area contributed by atoms with Crippen LogP contribution >= 0.6 is 0 Å². The number of carbonyl (C=O) groups excluding carboxylic acids is 1. The predicted molar refractivity (Wildman–Crippen MR) is 80.6 cm³/mol. The van der Waals surface area contributed by atoms with Gasteiger partial charge >= 0.3 is 0 Å². The molecule has 1 aliphatic carbocycles. The van der Waals surface area contributed by atoms with Crippen molar-refractivity contribution < 1.29 is 4.79 Å². The molecule has 1 saturated heterocycles. The summed E-state index contributed by atoms with van der Waals surface area (Å²) >= 11 is 0. The standard InChI is InChI=1S/C17H24N2O/c20-17(13-19-10-6-1-2-7-11-19)18-16-12-15(16)14-8-4-3-5-9-14/h3-5,8-9,15-16H,1-2,6-7,10-13H2,(H,18,20)/t15-,16+/m0/s1. The second-order valence-corrected chi connectivity index (χ2v) is 6.12. The molecular weight excluding hydrogens is 248 g/mol. The molecule has 20 heavy (non-hydrogen) atoms. The number of rotatable bonds is 4. The molecule has 1 N–H and O–H groups in total. The lowest BCUT2D eigenvalue weighted by molar-refractivity contribution is -0.122. The summed E-state index contributed by atoms with van der Waals surface area (Å²) in [6.45, 7) is 2.75. The Morgan fingerprint density at radius 1 is 1.10 bits per heavy atom. The van der Waals surface area contributed by atoms with Crippen LogP contribution in [0.5, 0.6) is 0 Å². The lowest BCUT2D eigenvalue weighted by Gasteiger charge is -2.19. The number of amides is 1. The van der Waals surface area contributed by atoms with Crippen LogP contribution in [0.3, 0.4) is 0 Å². The van der Waals surface area contributed by atoms with Gasteiger partial charge in [0.2, 0.25) is 5.91 Å². The minimum absolute atomic E-state index is 0.204. The number of nitrogens with one attached hydrogen (secondary N) is 1. The number of benzene rings is 1. The molecule has 0 unspecified atom stereocenters.